The van der Waals surface area contributed by atoms with Gasteiger partial charge in [0, 0.05) is 0 Å². The number of benzene rings is 1. The number of aliphatic hydroxyl groups excluding tert-OH is 1. The van der Waals surface area contributed by atoms with Crippen LogP contribution in [0.15, 0.2) is 30.3 Å². The number of amides is 1. The van der Waals surface area contributed by atoms with Crippen molar-refractivity contribution >= 4 is 11.9 Å². The number of ether oxygens (including phenoxy) is 1. The van der Waals surface area contributed by atoms with Gasteiger partial charge in [-0.1, -0.05) is 30.3 Å². The van der Waals surface area contributed by atoms with Gasteiger partial charge in [-0.15, -0.1) is 0 Å². The molecule has 0 heterocycles. The number of aliphatic hydroxyl groups is 1. The topological polar surface area (TPSA) is 75.6 Å². The molecule has 18 heavy (non-hydrogen) atoms. The number of carbonyl (C=O) groups is 2. The van der Waals surface area contributed by atoms with Crippen molar-refractivity contribution in [1.82, 2.24) is 5.32 Å². The van der Waals surface area contributed by atoms with Gasteiger partial charge in [0.1, 0.15) is 6.61 Å². The van der Waals surface area contributed by atoms with E-state index in [0.29, 0.717) is 6.61 Å². The molecule has 1 atom stereocenters. The van der Waals surface area contributed by atoms with E-state index in [0.717, 1.165) is 5.56 Å². The van der Waals surface area contributed by atoms with Gasteiger partial charge >= 0.3 is 5.97 Å². The van der Waals surface area contributed by atoms with Gasteiger partial charge in [-0.05, 0) is 12.5 Å². The predicted octanol–water partition coefficient (Wildman–Crippen LogP) is 0.789. The van der Waals surface area contributed by atoms with Crippen molar-refractivity contribution in [2.45, 2.75) is 19.4 Å². The minimum absolute atomic E-state index is 0.0452. The molecule has 5 nitrogen and oxygen atoms in total. The van der Waals surface area contributed by atoms with E-state index in [9.17, 15) is 9.59 Å². The number of hydrogen-bond acceptors (Lipinski definition) is 4. The zero-order chi connectivity index (χ0) is 13.4. The smallest absolute Gasteiger partial charge is 0.308 e. The monoisotopic (exact) mass is 251 g/mol. The third kappa shape index (κ3) is 4.55. The van der Waals surface area contributed by atoms with Crippen LogP contribution in [0.1, 0.15) is 24.9 Å². The molecular formula is C13H17NO4. The first-order chi connectivity index (χ1) is 8.67. The van der Waals surface area contributed by atoms with Crippen molar-refractivity contribution < 1.29 is 19.4 Å². The lowest BCUT2D eigenvalue weighted by atomic mass is 10.0. The molecule has 0 fully saturated rings. The van der Waals surface area contributed by atoms with Crippen LogP contribution in [0.2, 0.25) is 0 Å². The summed E-state index contributed by atoms with van der Waals surface area (Å²) in [4.78, 5) is 22.7. The van der Waals surface area contributed by atoms with E-state index < -0.39 is 18.6 Å². The van der Waals surface area contributed by atoms with Gasteiger partial charge in [-0.3, -0.25) is 9.59 Å². The number of rotatable bonds is 6. The largest absolute Gasteiger partial charge is 0.466 e. The van der Waals surface area contributed by atoms with E-state index in [4.69, 9.17) is 9.84 Å². The quantitative estimate of drug-likeness (QED) is 0.733. The van der Waals surface area contributed by atoms with Gasteiger partial charge in [-0.2, -0.15) is 0 Å². The van der Waals surface area contributed by atoms with Gasteiger partial charge in [0.15, 0.2) is 0 Å². The SMILES string of the molecule is CCOC(=O)CC(NC(=O)CO)c1ccccc1. The van der Waals surface area contributed by atoms with E-state index >= 15 is 0 Å². The van der Waals surface area contributed by atoms with Crippen LogP contribution < -0.4 is 5.32 Å². The summed E-state index contributed by atoms with van der Waals surface area (Å²) in [5.41, 5.74) is 0.798. The molecule has 1 rings (SSSR count). The molecule has 5 heteroatoms. The van der Waals surface area contributed by atoms with E-state index in [-0.39, 0.29) is 12.4 Å². The zero-order valence-corrected chi connectivity index (χ0v) is 10.3. The normalized spacial score (nSPS) is 11.7. The van der Waals surface area contributed by atoms with Crippen LogP contribution in [0.5, 0.6) is 0 Å². The number of hydrogen-bond donors (Lipinski definition) is 2. The third-order valence-corrected chi connectivity index (χ3v) is 2.36. The standard InChI is InChI=1S/C13H17NO4/c1-2-18-13(17)8-11(14-12(16)9-15)10-6-4-3-5-7-10/h3-7,11,15H,2,8-9H2,1H3,(H,14,16). The molecule has 1 aromatic rings. The fourth-order valence-corrected chi connectivity index (χ4v) is 1.56. The maximum atomic E-state index is 11.5. The lowest BCUT2D eigenvalue weighted by Crippen LogP contribution is -2.32. The maximum Gasteiger partial charge on any atom is 0.308 e. The lowest BCUT2D eigenvalue weighted by Gasteiger charge is -2.17. The summed E-state index contributed by atoms with van der Waals surface area (Å²) in [6.45, 7) is 1.42. The highest BCUT2D eigenvalue weighted by molar-refractivity contribution is 5.78. The Balaban J connectivity index is 2.75. The molecular weight excluding hydrogens is 234 g/mol. The minimum Gasteiger partial charge on any atom is -0.466 e. The first-order valence-corrected chi connectivity index (χ1v) is 5.78. The summed E-state index contributed by atoms with van der Waals surface area (Å²) in [5.74, 6) is -0.905. The molecule has 98 valence electrons. The van der Waals surface area contributed by atoms with Crippen molar-refractivity contribution in [1.29, 1.82) is 0 Å². The van der Waals surface area contributed by atoms with Crippen LogP contribution >= 0.6 is 0 Å². The van der Waals surface area contributed by atoms with Crippen LogP contribution in [-0.2, 0) is 14.3 Å². The number of carbonyl (C=O) groups excluding carboxylic acids is 2. The van der Waals surface area contributed by atoms with E-state index in [2.05, 4.69) is 5.32 Å². The van der Waals surface area contributed by atoms with Crippen molar-refractivity contribution in [3.05, 3.63) is 35.9 Å². The Kier molecular flexibility index (Phi) is 5.87. The summed E-state index contributed by atoms with van der Waals surface area (Å²) in [6, 6.07) is 8.61. The average molecular weight is 251 g/mol. The summed E-state index contributed by atoms with van der Waals surface area (Å²) < 4.78 is 4.86. The second-order valence-corrected chi connectivity index (χ2v) is 3.70. The fraction of sp³-hybridized carbons (Fsp3) is 0.385. The molecule has 0 saturated heterocycles. The van der Waals surface area contributed by atoms with Crippen molar-refractivity contribution in [3.8, 4) is 0 Å². The van der Waals surface area contributed by atoms with Crippen molar-refractivity contribution in [2.75, 3.05) is 13.2 Å². The highest BCUT2D eigenvalue weighted by atomic mass is 16.5. The van der Waals surface area contributed by atoms with Gasteiger partial charge < -0.3 is 15.2 Å². The Bertz CT molecular complexity index is 391. The van der Waals surface area contributed by atoms with E-state index in [1.807, 2.05) is 30.3 Å². The summed E-state index contributed by atoms with van der Waals surface area (Å²) in [6.07, 6.45) is 0.0452. The molecule has 0 radical (unpaired) electrons. The van der Waals surface area contributed by atoms with Crippen LogP contribution in [-0.4, -0.2) is 30.2 Å². The Labute approximate surface area is 106 Å². The average Bonchev–Trinajstić information content (AvgIpc) is 2.39. The minimum atomic E-state index is -0.605. The van der Waals surface area contributed by atoms with E-state index in [1.54, 1.807) is 6.92 Å². The van der Waals surface area contributed by atoms with Crippen LogP contribution in [0.25, 0.3) is 0 Å². The molecule has 0 aromatic heterocycles. The predicted molar refractivity (Wildman–Crippen MR) is 65.7 cm³/mol. The Morgan fingerprint density at radius 3 is 2.56 bits per heavy atom. The van der Waals surface area contributed by atoms with Gasteiger partial charge in [0.05, 0.1) is 19.1 Å². The molecule has 0 aliphatic carbocycles. The second kappa shape index (κ2) is 7.45. The first kappa shape index (κ1) is 14.2. The van der Waals surface area contributed by atoms with Crippen LogP contribution in [0.4, 0.5) is 0 Å². The van der Waals surface area contributed by atoms with Gasteiger partial charge in [0.25, 0.3) is 0 Å². The molecule has 1 unspecified atom stereocenters. The zero-order valence-electron chi connectivity index (χ0n) is 10.3. The molecule has 0 saturated carbocycles. The van der Waals surface area contributed by atoms with Gasteiger partial charge in [0.2, 0.25) is 5.91 Å². The van der Waals surface area contributed by atoms with E-state index in [1.165, 1.54) is 0 Å². The second-order valence-electron chi connectivity index (χ2n) is 3.70. The highest BCUT2D eigenvalue weighted by Gasteiger charge is 2.18. The molecule has 0 spiro atoms. The molecule has 0 bridgehead atoms. The van der Waals surface area contributed by atoms with Crippen LogP contribution in [0.3, 0.4) is 0 Å². The fourth-order valence-electron chi connectivity index (χ4n) is 1.56. The van der Waals surface area contributed by atoms with Gasteiger partial charge in [-0.25, -0.2) is 0 Å². The Morgan fingerprint density at radius 2 is 2.00 bits per heavy atom. The van der Waals surface area contributed by atoms with Crippen molar-refractivity contribution in [3.63, 3.8) is 0 Å². The Hall–Kier alpha value is -1.88. The molecule has 2 N–H and O–H groups in total. The number of esters is 1. The lowest BCUT2D eigenvalue weighted by molar-refractivity contribution is -0.143. The first-order valence-electron chi connectivity index (χ1n) is 5.78. The molecule has 1 amide bonds. The highest BCUT2D eigenvalue weighted by Crippen LogP contribution is 2.17. The maximum absolute atomic E-state index is 11.5. The number of nitrogens with one attached hydrogen (secondary N) is 1. The third-order valence-electron chi connectivity index (χ3n) is 2.36. The summed E-state index contributed by atoms with van der Waals surface area (Å²) in [5, 5.41) is 11.3. The molecule has 0 aliphatic heterocycles. The Morgan fingerprint density at radius 1 is 1.33 bits per heavy atom. The van der Waals surface area contributed by atoms with Crippen molar-refractivity contribution in [2.24, 2.45) is 0 Å². The summed E-state index contributed by atoms with van der Waals surface area (Å²) >= 11 is 0. The summed E-state index contributed by atoms with van der Waals surface area (Å²) in [7, 11) is 0. The molecule has 1 aromatic carbocycles. The van der Waals surface area contributed by atoms with Crippen LogP contribution in [0, 0.1) is 0 Å². The molecule has 0 aliphatic rings.